The van der Waals surface area contributed by atoms with Gasteiger partial charge in [-0.05, 0) is 54.5 Å². The molecule has 0 fully saturated rings. The number of hydrogen-bond donors (Lipinski definition) is 1. The topological polar surface area (TPSA) is 86.8 Å². The minimum absolute atomic E-state index is 0.280. The van der Waals surface area contributed by atoms with Crippen LogP contribution in [-0.4, -0.2) is 37.7 Å². The van der Waals surface area contributed by atoms with Gasteiger partial charge in [0.25, 0.3) is 5.91 Å². The van der Waals surface area contributed by atoms with Gasteiger partial charge in [-0.3, -0.25) is 9.78 Å². The molecule has 1 aliphatic rings. The summed E-state index contributed by atoms with van der Waals surface area (Å²) in [6.45, 7) is 2.10. The molecular weight excluding hydrogens is 420 g/mol. The number of fused-ring (bicyclic) bond motifs is 2. The first-order valence-electron chi connectivity index (χ1n) is 11.1. The van der Waals surface area contributed by atoms with Gasteiger partial charge in [-0.25, -0.2) is 4.79 Å². The van der Waals surface area contributed by atoms with Crippen LogP contribution in [-0.2, 0) is 28.9 Å². The molecule has 1 amide bonds. The van der Waals surface area contributed by atoms with E-state index in [1.165, 1.54) is 0 Å². The van der Waals surface area contributed by atoms with Crippen LogP contribution in [0.15, 0.2) is 42.5 Å². The van der Waals surface area contributed by atoms with Crippen LogP contribution >= 0.6 is 0 Å². The Morgan fingerprint density at radius 2 is 1.88 bits per heavy atom. The van der Waals surface area contributed by atoms with Crippen molar-refractivity contribution >= 4 is 22.8 Å². The Balaban J connectivity index is 1.45. The van der Waals surface area contributed by atoms with Crippen molar-refractivity contribution < 1.29 is 23.8 Å². The van der Waals surface area contributed by atoms with E-state index in [1.807, 2.05) is 30.3 Å². The molecule has 0 spiro atoms. The zero-order chi connectivity index (χ0) is 23.4. The molecule has 0 aliphatic heterocycles. The Kier molecular flexibility index (Phi) is 6.77. The van der Waals surface area contributed by atoms with Crippen molar-refractivity contribution in [2.45, 2.75) is 32.7 Å². The molecule has 0 bridgehead atoms. The molecule has 172 valence electrons. The molecule has 1 unspecified atom stereocenters. The number of amides is 1. The predicted octanol–water partition coefficient (Wildman–Crippen LogP) is 3.85. The largest absolute Gasteiger partial charge is 0.493 e. The lowest BCUT2D eigenvalue weighted by Gasteiger charge is -2.24. The first kappa shape index (κ1) is 22.6. The second-order valence-electron chi connectivity index (χ2n) is 8.32. The fourth-order valence-corrected chi connectivity index (χ4v) is 4.24. The lowest BCUT2D eigenvalue weighted by molar-refractivity contribution is -0.124. The monoisotopic (exact) mass is 448 g/mol. The van der Waals surface area contributed by atoms with E-state index < -0.39 is 5.97 Å². The number of carbonyl (C=O) groups is 2. The number of nitrogens with zero attached hydrogens (tertiary/aromatic N) is 1. The number of hydrogen-bond acceptors (Lipinski definition) is 6. The third-order valence-corrected chi connectivity index (χ3v) is 5.98. The van der Waals surface area contributed by atoms with Crippen LogP contribution < -0.4 is 14.8 Å². The van der Waals surface area contributed by atoms with Gasteiger partial charge >= 0.3 is 5.97 Å². The van der Waals surface area contributed by atoms with E-state index in [-0.39, 0.29) is 19.1 Å². The van der Waals surface area contributed by atoms with Crippen LogP contribution in [0.5, 0.6) is 11.5 Å². The molecule has 1 atom stereocenters. The second-order valence-corrected chi connectivity index (χ2v) is 8.32. The fourth-order valence-electron chi connectivity index (χ4n) is 4.24. The number of benzene rings is 2. The Morgan fingerprint density at radius 3 is 2.67 bits per heavy atom. The number of esters is 1. The molecule has 1 heterocycles. The van der Waals surface area contributed by atoms with E-state index in [0.717, 1.165) is 47.0 Å². The Morgan fingerprint density at radius 1 is 1.09 bits per heavy atom. The molecule has 1 aromatic heterocycles. The van der Waals surface area contributed by atoms with Crippen molar-refractivity contribution in [3.63, 3.8) is 0 Å². The molecule has 0 saturated heterocycles. The van der Waals surface area contributed by atoms with Gasteiger partial charge in [0.1, 0.15) is 0 Å². The van der Waals surface area contributed by atoms with E-state index in [4.69, 9.17) is 19.2 Å². The molecule has 7 heteroatoms. The highest BCUT2D eigenvalue weighted by Crippen LogP contribution is 2.32. The predicted molar refractivity (Wildman–Crippen MR) is 125 cm³/mol. The minimum Gasteiger partial charge on any atom is -0.493 e. The molecule has 1 N–H and O–H groups in total. The van der Waals surface area contributed by atoms with Gasteiger partial charge in [0.2, 0.25) is 0 Å². The van der Waals surface area contributed by atoms with E-state index >= 15 is 0 Å². The summed E-state index contributed by atoms with van der Waals surface area (Å²) in [4.78, 5) is 30.3. The maximum absolute atomic E-state index is 13.1. The van der Waals surface area contributed by atoms with Gasteiger partial charge in [-0.2, -0.15) is 0 Å². The van der Waals surface area contributed by atoms with Gasteiger partial charge in [0.15, 0.2) is 18.1 Å². The van der Waals surface area contributed by atoms with Crippen molar-refractivity contribution in [2.24, 2.45) is 5.92 Å². The SMILES string of the molecule is COc1ccc(CNC(=O)COC(=O)c2c3c(nc4ccccc24)CCC(C)C3)cc1OC. The summed E-state index contributed by atoms with van der Waals surface area (Å²) < 4.78 is 16.0. The zero-order valence-corrected chi connectivity index (χ0v) is 19.1. The summed E-state index contributed by atoms with van der Waals surface area (Å²) in [5, 5.41) is 3.54. The summed E-state index contributed by atoms with van der Waals surface area (Å²) in [5.74, 6) is 0.804. The first-order chi connectivity index (χ1) is 16.0. The van der Waals surface area contributed by atoms with Crippen molar-refractivity contribution in [2.75, 3.05) is 20.8 Å². The first-order valence-corrected chi connectivity index (χ1v) is 11.1. The highest BCUT2D eigenvalue weighted by Gasteiger charge is 2.26. The van der Waals surface area contributed by atoms with Crippen LogP contribution in [0.25, 0.3) is 10.9 Å². The van der Waals surface area contributed by atoms with Crippen LogP contribution in [0.3, 0.4) is 0 Å². The molecule has 33 heavy (non-hydrogen) atoms. The number of para-hydroxylation sites is 1. The zero-order valence-electron chi connectivity index (χ0n) is 19.1. The van der Waals surface area contributed by atoms with Gasteiger partial charge in [-0.1, -0.05) is 31.2 Å². The van der Waals surface area contributed by atoms with E-state index in [9.17, 15) is 9.59 Å². The maximum Gasteiger partial charge on any atom is 0.339 e. The summed E-state index contributed by atoms with van der Waals surface area (Å²) in [7, 11) is 3.12. The standard InChI is InChI=1S/C26H28N2O5/c1-16-8-10-21-19(12-16)25(18-6-4-5-7-20(18)28-21)26(30)33-15-24(29)27-14-17-9-11-22(31-2)23(13-17)32-3/h4-7,9,11,13,16H,8,10,12,14-15H2,1-3H3,(H,27,29). The minimum atomic E-state index is -0.486. The van der Waals surface area contributed by atoms with Crippen molar-refractivity contribution in [3.05, 3.63) is 64.8 Å². The number of aryl methyl sites for hydroxylation is 1. The number of ether oxygens (including phenoxy) is 3. The maximum atomic E-state index is 13.1. The lowest BCUT2D eigenvalue weighted by Crippen LogP contribution is -2.29. The normalized spacial score (nSPS) is 14.9. The Labute approximate surface area is 193 Å². The van der Waals surface area contributed by atoms with E-state index in [1.54, 1.807) is 26.4 Å². The van der Waals surface area contributed by atoms with Gasteiger partial charge in [0.05, 0.1) is 25.3 Å². The number of nitrogens with one attached hydrogen (secondary N) is 1. The van der Waals surface area contributed by atoms with Crippen molar-refractivity contribution in [1.82, 2.24) is 10.3 Å². The number of methoxy groups -OCH3 is 2. The highest BCUT2D eigenvalue weighted by atomic mass is 16.5. The number of aromatic nitrogens is 1. The second kappa shape index (κ2) is 9.90. The van der Waals surface area contributed by atoms with Crippen molar-refractivity contribution in [3.8, 4) is 11.5 Å². The van der Waals surface area contributed by atoms with Gasteiger partial charge < -0.3 is 19.5 Å². The van der Waals surface area contributed by atoms with Crippen molar-refractivity contribution in [1.29, 1.82) is 0 Å². The molecule has 4 rings (SSSR count). The van der Waals surface area contributed by atoms with Crippen LogP contribution in [0, 0.1) is 5.92 Å². The van der Waals surface area contributed by atoms with Crippen LogP contribution in [0.4, 0.5) is 0 Å². The van der Waals surface area contributed by atoms with Gasteiger partial charge in [-0.15, -0.1) is 0 Å². The van der Waals surface area contributed by atoms with Crippen LogP contribution in [0.1, 0.15) is 40.5 Å². The smallest absolute Gasteiger partial charge is 0.339 e. The molecular formula is C26H28N2O5. The number of carbonyl (C=O) groups excluding carboxylic acids is 2. The summed E-state index contributed by atoms with van der Waals surface area (Å²) in [5.41, 5.74) is 4.06. The molecule has 2 aromatic carbocycles. The fraction of sp³-hybridized carbons (Fsp3) is 0.346. The highest BCUT2D eigenvalue weighted by molar-refractivity contribution is 6.05. The quantitative estimate of drug-likeness (QED) is 0.553. The number of pyridine rings is 1. The molecule has 0 saturated carbocycles. The average Bonchev–Trinajstić information content (AvgIpc) is 2.84. The van der Waals surface area contributed by atoms with E-state index in [2.05, 4.69) is 12.2 Å². The Bertz CT molecular complexity index is 1190. The third-order valence-electron chi connectivity index (χ3n) is 5.98. The molecule has 0 radical (unpaired) electrons. The molecule has 1 aliphatic carbocycles. The summed E-state index contributed by atoms with van der Waals surface area (Å²) in [6, 6.07) is 13.0. The molecule has 3 aromatic rings. The van der Waals surface area contributed by atoms with Crippen LogP contribution in [0.2, 0.25) is 0 Å². The molecule has 7 nitrogen and oxygen atoms in total. The van der Waals surface area contributed by atoms with E-state index in [0.29, 0.717) is 23.0 Å². The lowest BCUT2D eigenvalue weighted by atomic mass is 9.84. The summed E-state index contributed by atoms with van der Waals surface area (Å²) >= 11 is 0. The third kappa shape index (κ3) is 4.92. The van der Waals surface area contributed by atoms with Gasteiger partial charge in [0, 0.05) is 17.6 Å². The average molecular weight is 449 g/mol. The number of rotatable bonds is 7. The summed E-state index contributed by atoms with van der Waals surface area (Å²) in [6.07, 6.45) is 2.67. The Hall–Kier alpha value is -3.61.